The summed E-state index contributed by atoms with van der Waals surface area (Å²) in [7, 11) is 0. The second kappa shape index (κ2) is 2.21. The van der Waals surface area contributed by atoms with Crippen molar-refractivity contribution in [3.8, 4) is 0 Å². The first-order chi connectivity index (χ1) is 4.52. The van der Waals surface area contributed by atoms with Gasteiger partial charge in [0.15, 0.2) is 5.60 Å². The molecule has 0 aromatic heterocycles. The van der Waals surface area contributed by atoms with E-state index in [-0.39, 0.29) is 12.5 Å². The predicted octanol–water partition coefficient (Wildman–Crippen LogP) is -0.389. The van der Waals surface area contributed by atoms with Crippen LogP contribution in [0.5, 0.6) is 0 Å². The van der Waals surface area contributed by atoms with Gasteiger partial charge >= 0.3 is 5.97 Å². The number of hydrogen-bond acceptors (Lipinski definition) is 3. The number of rotatable bonds is 3. The van der Waals surface area contributed by atoms with Crippen LogP contribution in [-0.2, 0) is 9.53 Å². The summed E-state index contributed by atoms with van der Waals surface area (Å²) in [6.07, 6.45) is 0.133. The maximum atomic E-state index is 10.3. The summed E-state index contributed by atoms with van der Waals surface area (Å²) in [6.45, 7) is 1.85. The first kappa shape index (κ1) is 7.50. The number of ether oxygens (including phenoxy) is 1. The smallest absolute Gasteiger partial charge is 0.335 e. The highest BCUT2D eigenvalue weighted by molar-refractivity contribution is 5.76. The molecular weight excluding hydrogens is 136 g/mol. The molecule has 1 aliphatic heterocycles. The van der Waals surface area contributed by atoms with Crippen molar-refractivity contribution in [2.45, 2.75) is 25.0 Å². The molecule has 2 N–H and O–H groups in total. The van der Waals surface area contributed by atoms with Gasteiger partial charge in [0, 0.05) is 6.42 Å². The molecule has 1 rings (SSSR count). The monoisotopic (exact) mass is 146 g/mol. The third kappa shape index (κ3) is 1.68. The zero-order valence-electron chi connectivity index (χ0n) is 5.70. The molecule has 0 radical (unpaired) electrons. The van der Waals surface area contributed by atoms with Gasteiger partial charge in [0.1, 0.15) is 0 Å². The van der Waals surface area contributed by atoms with Crippen LogP contribution in [0.4, 0.5) is 0 Å². The van der Waals surface area contributed by atoms with E-state index >= 15 is 0 Å². The Morgan fingerprint density at radius 2 is 2.40 bits per heavy atom. The zero-order valence-corrected chi connectivity index (χ0v) is 5.70. The van der Waals surface area contributed by atoms with Crippen molar-refractivity contribution in [2.75, 3.05) is 6.61 Å². The lowest BCUT2D eigenvalue weighted by Crippen LogP contribution is -2.36. The van der Waals surface area contributed by atoms with Gasteiger partial charge in [-0.2, -0.15) is 0 Å². The number of carboxylic acid groups (broad SMARTS) is 1. The van der Waals surface area contributed by atoms with Crippen LogP contribution >= 0.6 is 0 Å². The van der Waals surface area contributed by atoms with Crippen LogP contribution in [0, 0.1) is 0 Å². The third-order valence-electron chi connectivity index (χ3n) is 1.49. The van der Waals surface area contributed by atoms with E-state index in [1.165, 1.54) is 6.92 Å². The number of epoxide rings is 1. The molecule has 4 nitrogen and oxygen atoms in total. The second-order valence-corrected chi connectivity index (χ2v) is 2.74. The molecule has 0 saturated carbocycles. The lowest BCUT2D eigenvalue weighted by atomic mass is 10.0. The summed E-state index contributed by atoms with van der Waals surface area (Å²) in [6, 6.07) is 0. The third-order valence-corrected chi connectivity index (χ3v) is 1.49. The average Bonchev–Trinajstić information content (AvgIpc) is 2.48. The molecule has 2 unspecified atom stereocenters. The summed E-state index contributed by atoms with van der Waals surface area (Å²) < 4.78 is 4.77. The molecule has 58 valence electrons. The van der Waals surface area contributed by atoms with E-state index < -0.39 is 11.6 Å². The summed E-state index contributed by atoms with van der Waals surface area (Å²) >= 11 is 0. The first-order valence-electron chi connectivity index (χ1n) is 3.10. The second-order valence-electron chi connectivity index (χ2n) is 2.74. The van der Waals surface area contributed by atoms with Gasteiger partial charge < -0.3 is 14.9 Å². The minimum atomic E-state index is -1.62. The van der Waals surface area contributed by atoms with E-state index in [2.05, 4.69) is 0 Å². The van der Waals surface area contributed by atoms with Crippen molar-refractivity contribution in [2.24, 2.45) is 0 Å². The maximum absolute atomic E-state index is 10.3. The van der Waals surface area contributed by atoms with Gasteiger partial charge in [0.25, 0.3) is 0 Å². The lowest BCUT2D eigenvalue weighted by molar-refractivity contribution is -0.157. The Labute approximate surface area is 58.4 Å². The van der Waals surface area contributed by atoms with Crippen LogP contribution < -0.4 is 0 Å². The molecule has 1 saturated heterocycles. The highest BCUT2D eigenvalue weighted by atomic mass is 16.6. The Bertz CT molecular complexity index is 148. The van der Waals surface area contributed by atoms with Gasteiger partial charge in [-0.3, -0.25) is 0 Å². The zero-order chi connectivity index (χ0) is 7.78. The first-order valence-corrected chi connectivity index (χ1v) is 3.10. The fraction of sp³-hybridized carbons (Fsp3) is 0.833. The van der Waals surface area contributed by atoms with Gasteiger partial charge in [-0.25, -0.2) is 4.79 Å². The van der Waals surface area contributed by atoms with Crippen molar-refractivity contribution >= 4 is 5.97 Å². The van der Waals surface area contributed by atoms with E-state index in [9.17, 15) is 4.79 Å². The normalized spacial score (nSPS) is 29.2. The van der Waals surface area contributed by atoms with Crippen LogP contribution in [0.3, 0.4) is 0 Å². The molecule has 0 amide bonds. The Balaban J connectivity index is 2.40. The molecule has 1 fully saturated rings. The number of hydrogen-bond donors (Lipinski definition) is 2. The quantitative estimate of drug-likeness (QED) is 0.532. The van der Waals surface area contributed by atoms with E-state index in [4.69, 9.17) is 14.9 Å². The fourth-order valence-corrected chi connectivity index (χ4v) is 0.717. The molecule has 0 aliphatic carbocycles. The minimum absolute atomic E-state index is 0.0499. The van der Waals surface area contributed by atoms with Crippen molar-refractivity contribution in [3.05, 3.63) is 0 Å². The summed E-state index contributed by atoms with van der Waals surface area (Å²) in [5.41, 5.74) is -1.62. The molecular formula is C6H10O4. The Morgan fingerprint density at radius 1 is 1.90 bits per heavy atom. The molecule has 0 aromatic carbocycles. The van der Waals surface area contributed by atoms with Crippen LogP contribution in [0.2, 0.25) is 0 Å². The van der Waals surface area contributed by atoms with E-state index in [1.807, 2.05) is 0 Å². The van der Waals surface area contributed by atoms with Gasteiger partial charge in [-0.05, 0) is 6.92 Å². The standard InChI is InChI=1S/C6H10O4/c1-6(9,5(7)8)2-4-3-10-4/h4,9H,2-3H2,1H3,(H,7,8). The molecule has 0 aromatic rings. The average molecular weight is 146 g/mol. The highest BCUT2D eigenvalue weighted by Gasteiger charge is 2.38. The van der Waals surface area contributed by atoms with Crippen molar-refractivity contribution < 1.29 is 19.7 Å². The highest BCUT2D eigenvalue weighted by Crippen LogP contribution is 2.22. The van der Waals surface area contributed by atoms with Gasteiger partial charge in [-0.1, -0.05) is 0 Å². The number of carboxylic acids is 1. The molecule has 0 spiro atoms. The van der Waals surface area contributed by atoms with Crippen LogP contribution in [-0.4, -0.2) is 34.5 Å². The molecule has 2 atom stereocenters. The largest absolute Gasteiger partial charge is 0.479 e. The summed E-state index contributed by atoms with van der Waals surface area (Å²) in [5.74, 6) is -1.19. The topological polar surface area (TPSA) is 70.1 Å². The molecule has 0 bridgehead atoms. The Morgan fingerprint density at radius 3 is 2.70 bits per heavy atom. The van der Waals surface area contributed by atoms with Crippen molar-refractivity contribution in [1.29, 1.82) is 0 Å². The predicted molar refractivity (Wildman–Crippen MR) is 32.6 cm³/mol. The van der Waals surface area contributed by atoms with Crippen molar-refractivity contribution in [3.63, 3.8) is 0 Å². The summed E-state index contributed by atoms with van der Waals surface area (Å²) in [4.78, 5) is 10.3. The maximum Gasteiger partial charge on any atom is 0.335 e. The van der Waals surface area contributed by atoms with Gasteiger partial charge in [0.2, 0.25) is 0 Å². The van der Waals surface area contributed by atoms with E-state index in [0.717, 1.165) is 0 Å². The SMILES string of the molecule is CC(O)(CC1CO1)C(=O)O. The van der Waals surface area contributed by atoms with Gasteiger partial charge in [-0.15, -0.1) is 0 Å². The summed E-state index contributed by atoms with van der Waals surface area (Å²) in [5, 5.41) is 17.5. The lowest BCUT2D eigenvalue weighted by Gasteiger charge is -2.15. The number of aliphatic carboxylic acids is 1. The molecule has 1 aliphatic rings. The molecule has 4 heteroatoms. The number of aliphatic hydroxyl groups is 1. The van der Waals surface area contributed by atoms with Gasteiger partial charge in [0.05, 0.1) is 12.7 Å². The number of carbonyl (C=O) groups is 1. The van der Waals surface area contributed by atoms with Crippen LogP contribution in [0.25, 0.3) is 0 Å². The van der Waals surface area contributed by atoms with E-state index in [1.54, 1.807) is 0 Å². The van der Waals surface area contributed by atoms with Crippen molar-refractivity contribution in [1.82, 2.24) is 0 Å². The molecule has 1 heterocycles. The Kier molecular flexibility index (Phi) is 1.66. The van der Waals surface area contributed by atoms with Crippen LogP contribution in [0.15, 0.2) is 0 Å². The fourth-order valence-electron chi connectivity index (χ4n) is 0.717. The van der Waals surface area contributed by atoms with E-state index in [0.29, 0.717) is 6.61 Å². The minimum Gasteiger partial charge on any atom is -0.479 e. The molecule has 10 heavy (non-hydrogen) atoms. The van der Waals surface area contributed by atoms with Crippen LogP contribution in [0.1, 0.15) is 13.3 Å². The Hall–Kier alpha value is -0.610.